The van der Waals surface area contributed by atoms with Gasteiger partial charge in [0.15, 0.2) is 5.78 Å². The van der Waals surface area contributed by atoms with E-state index in [4.69, 9.17) is 27.9 Å². The van der Waals surface area contributed by atoms with Crippen molar-refractivity contribution in [3.63, 3.8) is 0 Å². The molecule has 0 N–H and O–H groups in total. The Morgan fingerprint density at radius 1 is 1.21 bits per heavy atom. The van der Waals surface area contributed by atoms with Crippen molar-refractivity contribution in [1.82, 2.24) is 0 Å². The lowest BCUT2D eigenvalue weighted by molar-refractivity contribution is -0.384. The fraction of sp³-hybridized carbons (Fsp3) is 0.235. The second-order valence-electron chi connectivity index (χ2n) is 5.88. The molecule has 0 fully saturated rings. The average Bonchev–Trinajstić information content (AvgIpc) is 2.83. The Labute approximate surface area is 148 Å². The average molecular weight is 366 g/mol. The molecule has 124 valence electrons. The lowest BCUT2D eigenvalue weighted by Gasteiger charge is -2.22. The number of nitro benzene ring substituents is 1. The third kappa shape index (κ3) is 2.36. The molecule has 0 heterocycles. The number of nitrogens with zero attached hydrogens (tertiary/aromatic N) is 1. The third-order valence-electron chi connectivity index (χ3n) is 4.46. The number of carbonyl (C=O) groups is 1. The number of ketones is 1. The Balaban J connectivity index is 2.09. The Bertz CT molecular complexity index is 864. The molecule has 0 aromatic heterocycles. The Morgan fingerprint density at radius 3 is 2.38 bits per heavy atom. The lowest BCUT2D eigenvalue weighted by Crippen LogP contribution is -2.29. The zero-order valence-electron chi connectivity index (χ0n) is 12.9. The number of fused-ring (bicyclic) bond motifs is 1. The fourth-order valence-corrected chi connectivity index (χ4v) is 3.63. The maximum atomic E-state index is 13.0. The molecule has 3 rings (SSSR count). The van der Waals surface area contributed by atoms with Crippen LogP contribution in [-0.2, 0) is 11.8 Å². The number of halogens is 2. The minimum Gasteiger partial charge on any atom is -0.495 e. The number of ether oxygens (including phenoxy) is 1. The van der Waals surface area contributed by atoms with Gasteiger partial charge in [-0.1, -0.05) is 35.3 Å². The fourth-order valence-electron chi connectivity index (χ4n) is 3.11. The first-order valence-electron chi connectivity index (χ1n) is 7.14. The molecule has 0 amide bonds. The summed E-state index contributed by atoms with van der Waals surface area (Å²) in [6.45, 7) is 1.80. The standard InChI is InChI=1S/C17H13Cl2NO4/c1-17(10-3-5-11(6-4-10)20(22)23)8-9-7-12(24-2)14(18)15(19)13(9)16(17)21/h3-7H,8H2,1-2H3. The second-order valence-corrected chi connectivity index (χ2v) is 6.64. The number of nitro groups is 1. The molecule has 1 aliphatic carbocycles. The van der Waals surface area contributed by atoms with Gasteiger partial charge >= 0.3 is 0 Å². The molecular formula is C17H13Cl2NO4. The van der Waals surface area contributed by atoms with Gasteiger partial charge in [-0.2, -0.15) is 0 Å². The molecule has 24 heavy (non-hydrogen) atoms. The van der Waals surface area contributed by atoms with Crippen molar-refractivity contribution in [2.75, 3.05) is 7.11 Å². The summed E-state index contributed by atoms with van der Waals surface area (Å²) < 4.78 is 5.20. The van der Waals surface area contributed by atoms with Crippen LogP contribution in [0.1, 0.15) is 28.4 Å². The van der Waals surface area contributed by atoms with E-state index in [-0.39, 0.29) is 21.5 Å². The number of hydrogen-bond donors (Lipinski definition) is 0. The van der Waals surface area contributed by atoms with Crippen LogP contribution in [-0.4, -0.2) is 17.8 Å². The molecule has 0 saturated carbocycles. The Morgan fingerprint density at radius 2 is 1.83 bits per heavy atom. The number of benzene rings is 2. The number of Topliss-reactive ketones (excluding diaryl/α,β-unsaturated/α-hetero) is 1. The van der Waals surface area contributed by atoms with E-state index in [1.54, 1.807) is 25.1 Å². The van der Waals surface area contributed by atoms with E-state index in [1.165, 1.54) is 19.2 Å². The van der Waals surface area contributed by atoms with Gasteiger partial charge in [-0.15, -0.1) is 0 Å². The second kappa shape index (κ2) is 5.76. The Hall–Kier alpha value is -2.11. The van der Waals surface area contributed by atoms with Gasteiger partial charge in [0.1, 0.15) is 10.8 Å². The Kier molecular flexibility index (Phi) is 4.01. The molecule has 2 aromatic carbocycles. The molecule has 0 radical (unpaired) electrons. The van der Waals surface area contributed by atoms with Gasteiger partial charge in [-0.25, -0.2) is 0 Å². The van der Waals surface area contributed by atoms with E-state index < -0.39 is 10.3 Å². The highest BCUT2D eigenvalue weighted by Crippen LogP contribution is 2.47. The van der Waals surface area contributed by atoms with Crippen LogP contribution < -0.4 is 4.74 Å². The van der Waals surface area contributed by atoms with Gasteiger partial charge in [-0.3, -0.25) is 14.9 Å². The summed E-state index contributed by atoms with van der Waals surface area (Å²) in [7, 11) is 1.48. The highest BCUT2D eigenvalue weighted by Gasteiger charge is 2.45. The van der Waals surface area contributed by atoms with Gasteiger partial charge < -0.3 is 4.74 Å². The molecule has 1 aliphatic rings. The van der Waals surface area contributed by atoms with Crippen LogP contribution in [0, 0.1) is 10.1 Å². The first kappa shape index (κ1) is 16.7. The zero-order valence-corrected chi connectivity index (χ0v) is 14.4. The summed E-state index contributed by atoms with van der Waals surface area (Å²) >= 11 is 12.4. The summed E-state index contributed by atoms with van der Waals surface area (Å²) in [6.07, 6.45) is 0.423. The zero-order chi connectivity index (χ0) is 17.6. The highest BCUT2D eigenvalue weighted by atomic mass is 35.5. The number of carbonyl (C=O) groups excluding carboxylic acids is 1. The molecular weight excluding hydrogens is 353 g/mol. The third-order valence-corrected chi connectivity index (χ3v) is 5.31. The molecule has 0 bridgehead atoms. The van der Waals surface area contributed by atoms with Crippen LogP contribution in [0.25, 0.3) is 0 Å². The smallest absolute Gasteiger partial charge is 0.269 e. The van der Waals surface area contributed by atoms with Crippen LogP contribution in [0.3, 0.4) is 0 Å². The summed E-state index contributed by atoms with van der Waals surface area (Å²) in [4.78, 5) is 23.3. The predicted octanol–water partition coefficient (Wildman–Crippen LogP) is 4.61. The maximum absolute atomic E-state index is 13.0. The van der Waals surface area contributed by atoms with Gasteiger partial charge in [0, 0.05) is 17.7 Å². The molecule has 1 atom stereocenters. The van der Waals surface area contributed by atoms with E-state index in [9.17, 15) is 14.9 Å². The van der Waals surface area contributed by atoms with Gasteiger partial charge in [0.25, 0.3) is 5.69 Å². The molecule has 5 nitrogen and oxygen atoms in total. The highest BCUT2D eigenvalue weighted by molar-refractivity contribution is 6.45. The van der Waals surface area contributed by atoms with Crippen molar-refractivity contribution in [2.45, 2.75) is 18.8 Å². The number of methoxy groups -OCH3 is 1. The van der Waals surface area contributed by atoms with Crippen LogP contribution in [0.15, 0.2) is 30.3 Å². The molecule has 0 aliphatic heterocycles. The van der Waals surface area contributed by atoms with Gasteiger partial charge in [-0.05, 0) is 30.5 Å². The quantitative estimate of drug-likeness (QED) is 0.588. The van der Waals surface area contributed by atoms with E-state index in [1.807, 2.05) is 0 Å². The van der Waals surface area contributed by atoms with Crippen LogP contribution in [0.2, 0.25) is 10.0 Å². The summed E-state index contributed by atoms with van der Waals surface area (Å²) in [5.74, 6) is 0.266. The van der Waals surface area contributed by atoms with Crippen molar-refractivity contribution < 1.29 is 14.5 Å². The number of rotatable bonds is 3. The minimum atomic E-state index is -0.850. The first-order chi connectivity index (χ1) is 11.3. The van der Waals surface area contributed by atoms with Crippen molar-refractivity contribution in [3.05, 3.63) is 67.2 Å². The van der Waals surface area contributed by atoms with Crippen molar-refractivity contribution in [1.29, 1.82) is 0 Å². The van der Waals surface area contributed by atoms with E-state index in [0.717, 1.165) is 5.56 Å². The molecule has 1 unspecified atom stereocenters. The minimum absolute atomic E-state index is 0.0203. The van der Waals surface area contributed by atoms with E-state index >= 15 is 0 Å². The summed E-state index contributed by atoms with van der Waals surface area (Å²) in [5, 5.41) is 11.2. The maximum Gasteiger partial charge on any atom is 0.269 e. The van der Waals surface area contributed by atoms with E-state index in [2.05, 4.69) is 0 Å². The van der Waals surface area contributed by atoms with E-state index in [0.29, 0.717) is 23.3 Å². The van der Waals surface area contributed by atoms with Crippen LogP contribution >= 0.6 is 23.2 Å². The summed E-state index contributed by atoms with van der Waals surface area (Å²) in [6, 6.07) is 7.72. The van der Waals surface area contributed by atoms with Crippen molar-refractivity contribution in [3.8, 4) is 5.75 Å². The largest absolute Gasteiger partial charge is 0.495 e. The van der Waals surface area contributed by atoms with Crippen molar-refractivity contribution in [2.24, 2.45) is 0 Å². The molecule has 0 saturated heterocycles. The molecule has 7 heteroatoms. The first-order valence-corrected chi connectivity index (χ1v) is 7.89. The van der Waals surface area contributed by atoms with Gasteiger partial charge in [0.05, 0.1) is 22.5 Å². The monoisotopic (exact) mass is 365 g/mol. The number of hydrogen-bond acceptors (Lipinski definition) is 4. The SMILES string of the molecule is COc1cc2c(c(Cl)c1Cl)C(=O)C(C)(c1ccc([N+](=O)[O-])cc1)C2. The number of non-ortho nitro benzene ring substituents is 1. The van der Waals surface area contributed by atoms with Gasteiger partial charge in [0.2, 0.25) is 0 Å². The topological polar surface area (TPSA) is 69.4 Å². The molecule has 2 aromatic rings. The molecule has 0 spiro atoms. The van der Waals surface area contributed by atoms with Crippen molar-refractivity contribution >= 4 is 34.7 Å². The van der Waals surface area contributed by atoms with Crippen LogP contribution in [0.5, 0.6) is 5.75 Å². The lowest BCUT2D eigenvalue weighted by atomic mass is 9.79. The summed E-state index contributed by atoms with van der Waals surface area (Å²) in [5.41, 5.74) is 0.973. The van der Waals surface area contributed by atoms with Crippen LogP contribution in [0.4, 0.5) is 5.69 Å². The normalized spacial score (nSPS) is 19.2. The predicted molar refractivity (Wildman–Crippen MR) is 91.5 cm³/mol.